The van der Waals surface area contributed by atoms with Gasteiger partial charge in [-0.1, -0.05) is 35.9 Å². The van der Waals surface area contributed by atoms with Crippen LogP contribution >= 0.6 is 11.6 Å². The molecule has 2 aromatic rings. The molecule has 0 saturated carbocycles. The van der Waals surface area contributed by atoms with Crippen LogP contribution in [0.15, 0.2) is 48.5 Å². The Bertz CT molecular complexity index is 730. The van der Waals surface area contributed by atoms with Crippen molar-refractivity contribution in [3.05, 3.63) is 64.7 Å². The number of halogens is 1. The third-order valence-corrected chi connectivity index (χ3v) is 4.79. The molecule has 0 atom stereocenters. The lowest BCUT2D eigenvalue weighted by Crippen LogP contribution is -2.46. The maximum atomic E-state index is 12.2. The van der Waals surface area contributed by atoms with Gasteiger partial charge in [-0.2, -0.15) is 0 Å². The Morgan fingerprint density at radius 1 is 1.11 bits per heavy atom. The standard InChI is InChI=1S/C21H26ClN3O2/c22-19-6-4-17(5-7-19)16-27-20-3-1-2-18(14-20)15-21(26)24-10-13-25-11-8-23-9-12-25/h1-7,14,23H,8-13,15-16H2,(H,24,26). The molecule has 1 fully saturated rings. The van der Waals surface area contributed by atoms with Gasteiger partial charge in [0.1, 0.15) is 12.4 Å². The van der Waals surface area contributed by atoms with Crippen LogP contribution in [0.1, 0.15) is 11.1 Å². The molecule has 0 aliphatic carbocycles. The van der Waals surface area contributed by atoms with Crippen molar-refractivity contribution < 1.29 is 9.53 Å². The van der Waals surface area contributed by atoms with Crippen molar-refractivity contribution in [2.45, 2.75) is 13.0 Å². The molecule has 0 unspecified atom stereocenters. The highest BCUT2D eigenvalue weighted by Crippen LogP contribution is 2.17. The minimum Gasteiger partial charge on any atom is -0.489 e. The second-order valence-corrected chi connectivity index (χ2v) is 7.12. The molecule has 1 saturated heterocycles. The summed E-state index contributed by atoms with van der Waals surface area (Å²) in [6.45, 7) is 6.19. The molecular formula is C21H26ClN3O2. The summed E-state index contributed by atoms with van der Waals surface area (Å²) in [6.07, 6.45) is 0.361. The SMILES string of the molecule is O=C(Cc1cccc(OCc2ccc(Cl)cc2)c1)NCCN1CCNCC1. The number of hydrogen-bond acceptors (Lipinski definition) is 4. The van der Waals surface area contributed by atoms with Crippen LogP contribution in [-0.4, -0.2) is 50.1 Å². The second kappa shape index (κ2) is 10.3. The first-order chi connectivity index (χ1) is 13.2. The van der Waals surface area contributed by atoms with Gasteiger partial charge in [0.05, 0.1) is 6.42 Å². The van der Waals surface area contributed by atoms with Gasteiger partial charge in [0.15, 0.2) is 0 Å². The largest absolute Gasteiger partial charge is 0.489 e. The Kier molecular flexibility index (Phi) is 7.51. The van der Waals surface area contributed by atoms with Gasteiger partial charge in [-0.25, -0.2) is 0 Å². The summed E-state index contributed by atoms with van der Waals surface area (Å²) in [6, 6.07) is 15.3. The molecule has 144 valence electrons. The van der Waals surface area contributed by atoms with Gasteiger partial charge in [-0.15, -0.1) is 0 Å². The maximum absolute atomic E-state index is 12.2. The van der Waals surface area contributed by atoms with Crippen molar-refractivity contribution >= 4 is 17.5 Å². The Morgan fingerprint density at radius 3 is 2.67 bits per heavy atom. The van der Waals surface area contributed by atoms with Crippen LogP contribution in [0.5, 0.6) is 5.75 Å². The quantitative estimate of drug-likeness (QED) is 0.730. The normalized spacial score (nSPS) is 14.7. The summed E-state index contributed by atoms with van der Waals surface area (Å²) < 4.78 is 5.83. The molecular weight excluding hydrogens is 362 g/mol. The molecule has 6 heteroatoms. The fourth-order valence-electron chi connectivity index (χ4n) is 3.03. The van der Waals surface area contributed by atoms with E-state index in [9.17, 15) is 4.79 Å². The molecule has 0 spiro atoms. The van der Waals surface area contributed by atoms with Crippen LogP contribution in [0.3, 0.4) is 0 Å². The van der Waals surface area contributed by atoms with E-state index in [0.29, 0.717) is 24.6 Å². The van der Waals surface area contributed by atoms with Crippen molar-refractivity contribution in [1.29, 1.82) is 0 Å². The van der Waals surface area contributed by atoms with Gasteiger partial charge in [0.25, 0.3) is 0 Å². The average Bonchev–Trinajstić information content (AvgIpc) is 2.69. The first kappa shape index (κ1) is 19.7. The zero-order valence-electron chi connectivity index (χ0n) is 15.4. The van der Waals surface area contributed by atoms with Crippen molar-refractivity contribution in [3.8, 4) is 5.75 Å². The highest BCUT2D eigenvalue weighted by Gasteiger charge is 2.10. The summed E-state index contributed by atoms with van der Waals surface area (Å²) in [4.78, 5) is 14.5. The Labute approximate surface area is 165 Å². The molecule has 3 rings (SSSR count). The van der Waals surface area contributed by atoms with Crippen LogP contribution in [0.4, 0.5) is 0 Å². The number of piperazine rings is 1. The minimum atomic E-state index is 0.0417. The second-order valence-electron chi connectivity index (χ2n) is 6.68. The van der Waals surface area contributed by atoms with Crippen LogP contribution in [0, 0.1) is 0 Å². The number of carbonyl (C=O) groups is 1. The zero-order valence-corrected chi connectivity index (χ0v) is 16.2. The van der Waals surface area contributed by atoms with Crippen molar-refractivity contribution in [3.63, 3.8) is 0 Å². The van der Waals surface area contributed by atoms with E-state index in [2.05, 4.69) is 15.5 Å². The summed E-state index contributed by atoms with van der Waals surface area (Å²) in [5.41, 5.74) is 2.00. The molecule has 1 amide bonds. The van der Waals surface area contributed by atoms with E-state index >= 15 is 0 Å². The van der Waals surface area contributed by atoms with E-state index < -0.39 is 0 Å². The molecule has 0 aromatic heterocycles. The Hall–Kier alpha value is -2.08. The summed E-state index contributed by atoms with van der Waals surface area (Å²) >= 11 is 5.89. The highest BCUT2D eigenvalue weighted by molar-refractivity contribution is 6.30. The first-order valence-corrected chi connectivity index (χ1v) is 9.73. The third-order valence-electron chi connectivity index (χ3n) is 4.54. The molecule has 2 N–H and O–H groups in total. The maximum Gasteiger partial charge on any atom is 0.224 e. The predicted molar refractivity (Wildman–Crippen MR) is 108 cm³/mol. The zero-order chi connectivity index (χ0) is 18.9. The lowest BCUT2D eigenvalue weighted by Gasteiger charge is -2.27. The number of amides is 1. The van der Waals surface area contributed by atoms with E-state index in [1.165, 1.54) is 0 Å². The molecule has 1 heterocycles. The average molecular weight is 388 g/mol. The van der Waals surface area contributed by atoms with E-state index in [0.717, 1.165) is 49.6 Å². The number of hydrogen-bond donors (Lipinski definition) is 2. The number of carbonyl (C=O) groups excluding carboxylic acids is 1. The van der Waals surface area contributed by atoms with Gasteiger partial charge in [-0.05, 0) is 35.4 Å². The van der Waals surface area contributed by atoms with Gasteiger partial charge in [0, 0.05) is 44.3 Å². The molecule has 0 bridgehead atoms. The van der Waals surface area contributed by atoms with Crippen LogP contribution in [0.25, 0.3) is 0 Å². The van der Waals surface area contributed by atoms with Crippen LogP contribution in [0.2, 0.25) is 5.02 Å². The minimum absolute atomic E-state index is 0.0417. The van der Waals surface area contributed by atoms with Gasteiger partial charge in [-0.3, -0.25) is 9.69 Å². The summed E-state index contributed by atoms with van der Waals surface area (Å²) in [5, 5.41) is 7.05. The van der Waals surface area contributed by atoms with E-state index in [4.69, 9.17) is 16.3 Å². The monoisotopic (exact) mass is 387 g/mol. The molecule has 5 nitrogen and oxygen atoms in total. The van der Waals surface area contributed by atoms with Crippen molar-refractivity contribution in [1.82, 2.24) is 15.5 Å². The lowest BCUT2D eigenvalue weighted by atomic mass is 10.1. The Balaban J connectivity index is 1.42. The highest BCUT2D eigenvalue weighted by atomic mass is 35.5. The first-order valence-electron chi connectivity index (χ1n) is 9.35. The van der Waals surface area contributed by atoms with E-state index in [1.807, 2.05) is 48.5 Å². The van der Waals surface area contributed by atoms with Crippen LogP contribution in [-0.2, 0) is 17.8 Å². The molecule has 1 aliphatic rings. The van der Waals surface area contributed by atoms with Gasteiger partial charge < -0.3 is 15.4 Å². The van der Waals surface area contributed by atoms with Crippen molar-refractivity contribution in [2.24, 2.45) is 0 Å². The number of benzene rings is 2. The lowest BCUT2D eigenvalue weighted by molar-refractivity contribution is -0.120. The van der Waals surface area contributed by atoms with Gasteiger partial charge in [0.2, 0.25) is 5.91 Å². The van der Waals surface area contributed by atoms with E-state index in [1.54, 1.807) is 0 Å². The summed E-state index contributed by atoms with van der Waals surface area (Å²) in [7, 11) is 0. The van der Waals surface area contributed by atoms with Crippen molar-refractivity contribution in [2.75, 3.05) is 39.3 Å². The predicted octanol–water partition coefficient (Wildman–Crippen LogP) is 2.48. The number of nitrogens with one attached hydrogen (secondary N) is 2. The molecule has 27 heavy (non-hydrogen) atoms. The van der Waals surface area contributed by atoms with Gasteiger partial charge >= 0.3 is 0 Å². The van der Waals surface area contributed by atoms with Crippen LogP contribution < -0.4 is 15.4 Å². The number of ether oxygens (including phenoxy) is 1. The fourth-order valence-corrected chi connectivity index (χ4v) is 3.15. The number of nitrogens with zero attached hydrogens (tertiary/aromatic N) is 1. The molecule has 0 radical (unpaired) electrons. The molecule has 2 aromatic carbocycles. The third kappa shape index (κ3) is 6.86. The Morgan fingerprint density at radius 2 is 1.89 bits per heavy atom. The fraction of sp³-hybridized carbons (Fsp3) is 0.381. The van der Waals surface area contributed by atoms with E-state index in [-0.39, 0.29) is 5.91 Å². The molecule has 1 aliphatic heterocycles. The smallest absolute Gasteiger partial charge is 0.224 e. The number of rotatable bonds is 8. The topological polar surface area (TPSA) is 53.6 Å². The summed E-state index contributed by atoms with van der Waals surface area (Å²) in [5.74, 6) is 0.802.